The molecule has 2 aromatic rings. The van der Waals surface area contributed by atoms with E-state index in [9.17, 15) is 9.59 Å². The maximum atomic E-state index is 11.9. The van der Waals surface area contributed by atoms with Gasteiger partial charge in [-0.25, -0.2) is 14.2 Å². The highest BCUT2D eigenvalue weighted by Crippen LogP contribution is 1.93. The second-order valence-electron chi connectivity index (χ2n) is 3.30. The zero-order chi connectivity index (χ0) is 11.5. The molecule has 2 heterocycles. The van der Waals surface area contributed by atoms with E-state index >= 15 is 0 Å². The Morgan fingerprint density at radius 2 is 2.12 bits per heavy atom. The summed E-state index contributed by atoms with van der Waals surface area (Å²) in [7, 11) is 0. The monoisotopic (exact) mass is 283 g/mol. The SMILES string of the molecule is O=c1nc2ccccn2c(=O)n1CCCBr. The smallest absolute Gasteiger partial charge is 0.253 e. The van der Waals surface area contributed by atoms with Crippen LogP contribution in [0.1, 0.15) is 6.42 Å². The predicted octanol–water partition coefficient (Wildman–Crippen LogP) is 0.641. The lowest BCUT2D eigenvalue weighted by atomic mass is 10.4. The van der Waals surface area contributed by atoms with Crippen LogP contribution >= 0.6 is 15.9 Å². The third-order valence-electron chi connectivity index (χ3n) is 2.23. The number of hydrogen-bond donors (Lipinski definition) is 0. The van der Waals surface area contributed by atoms with E-state index in [1.807, 2.05) is 0 Å². The standard InChI is InChI=1S/C10H10BrN3O2/c11-5-3-7-14-9(15)12-8-4-1-2-6-13(8)10(14)16/h1-2,4,6H,3,5,7H2. The summed E-state index contributed by atoms with van der Waals surface area (Å²) in [5.41, 5.74) is -0.443. The van der Waals surface area contributed by atoms with Crippen LogP contribution < -0.4 is 11.4 Å². The van der Waals surface area contributed by atoms with E-state index in [-0.39, 0.29) is 5.69 Å². The number of aromatic nitrogens is 3. The van der Waals surface area contributed by atoms with Crippen molar-refractivity contribution in [3.05, 3.63) is 45.4 Å². The molecule has 0 aliphatic carbocycles. The normalized spacial score (nSPS) is 10.8. The van der Waals surface area contributed by atoms with E-state index in [1.54, 1.807) is 24.4 Å². The Kier molecular flexibility index (Phi) is 3.19. The fourth-order valence-electron chi connectivity index (χ4n) is 1.47. The van der Waals surface area contributed by atoms with Crippen molar-refractivity contribution in [1.82, 2.24) is 14.0 Å². The molecule has 0 radical (unpaired) electrons. The van der Waals surface area contributed by atoms with Gasteiger partial charge < -0.3 is 0 Å². The van der Waals surface area contributed by atoms with Crippen LogP contribution in [0.15, 0.2) is 34.0 Å². The van der Waals surface area contributed by atoms with Crippen molar-refractivity contribution in [2.45, 2.75) is 13.0 Å². The highest BCUT2D eigenvalue weighted by Gasteiger charge is 2.05. The Hall–Kier alpha value is -1.43. The summed E-state index contributed by atoms with van der Waals surface area (Å²) >= 11 is 3.26. The minimum atomic E-state index is -0.489. The summed E-state index contributed by atoms with van der Waals surface area (Å²) in [5.74, 6) is 0. The van der Waals surface area contributed by atoms with Crippen molar-refractivity contribution in [2.75, 3.05) is 5.33 Å². The quantitative estimate of drug-likeness (QED) is 0.777. The summed E-state index contributed by atoms with van der Waals surface area (Å²) in [6.45, 7) is 0.383. The van der Waals surface area contributed by atoms with Crippen molar-refractivity contribution >= 4 is 21.6 Å². The number of fused-ring (bicyclic) bond motifs is 1. The summed E-state index contributed by atoms with van der Waals surface area (Å²) in [6, 6.07) is 5.11. The van der Waals surface area contributed by atoms with E-state index in [1.165, 1.54) is 4.40 Å². The number of hydrogen-bond acceptors (Lipinski definition) is 3. The van der Waals surface area contributed by atoms with E-state index in [0.29, 0.717) is 12.2 Å². The van der Waals surface area contributed by atoms with Gasteiger partial charge in [-0.15, -0.1) is 0 Å². The molecular weight excluding hydrogens is 274 g/mol. The Morgan fingerprint density at radius 1 is 1.31 bits per heavy atom. The summed E-state index contributed by atoms with van der Waals surface area (Å²) in [6.07, 6.45) is 2.32. The maximum absolute atomic E-state index is 11.9. The van der Waals surface area contributed by atoms with Crippen LogP contribution in [-0.2, 0) is 6.54 Å². The molecule has 0 N–H and O–H groups in total. The molecule has 0 aliphatic rings. The maximum Gasteiger partial charge on any atom is 0.353 e. The van der Waals surface area contributed by atoms with Gasteiger partial charge in [0.15, 0.2) is 0 Å². The van der Waals surface area contributed by atoms with Gasteiger partial charge >= 0.3 is 11.4 Å². The van der Waals surface area contributed by atoms with E-state index in [4.69, 9.17) is 0 Å². The van der Waals surface area contributed by atoms with E-state index in [2.05, 4.69) is 20.9 Å². The molecule has 5 nitrogen and oxygen atoms in total. The first-order valence-electron chi connectivity index (χ1n) is 4.88. The molecule has 2 aromatic heterocycles. The minimum Gasteiger partial charge on any atom is -0.253 e. The van der Waals surface area contributed by atoms with Crippen LogP contribution in [0.25, 0.3) is 5.65 Å². The van der Waals surface area contributed by atoms with E-state index in [0.717, 1.165) is 16.3 Å². The molecule has 0 atom stereocenters. The fourth-order valence-corrected chi connectivity index (χ4v) is 1.72. The van der Waals surface area contributed by atoms with Crippen molar-refractivity contribution in [3.63, 3.8) is 0 Å². The van der Waals surface area contributed by atoms with Crippen molar-refractivity contribution in [2.24, 2.45) is 0 Å². The van der Waals surface area contributed by atoms with Gasteiger partial charge in [0.2, 0.25) is 0 Å². The molecule has 0 spiro atoms. The van der Waals surface area contributed by atoms with Crippen molar-refractivity contribution in [1.29, 1.82) is 0 Å². The van der Waals surface area contributed by atoms with Gasteiger partial charge in [0.1, 0.15) is 5.65 Å². The average molecular weight is 284 g/mol. The number of nitrogens with zero attached hydrogens (tertiary/aromatic N) is 3. The third kappa shape index (κ3) is 1.92. The molecule has 0 saturated heterocycles. The second-order valence-corrected chi connectivity index (χ2v) is 4.09. The molecule has 16 heavy (non-hydrogen) atoms. The third-order valence-corrected chi connectivity index (χ3v) is 2.79. The number of pyridine rings is 1. The lowest BCUT2D eigenvalue weighted by Crippen LogP contribution is -2.39. The molecule has 2 rings (SSSR count). The van der Waals surface area contributed by atoms with E-state index < -0.39 is 5.69 Å². The topological polar surface area (TPSA) is 56.4 Å². The number of halogens is 1. The molecule has 0 amide bonds. The van der Waals surface area contributed by atoms with Crippen molar-refractivity contribution < 1.29 is 0 Å². The molecule has 0 bridgehead atoms. The molecule has 6 heteroatoms. The lowest BCUT2D eigenvalue weighted by molar-refractivity contribution is 0.593. The highest BCUT2D eigenvalue weighted by atomic mass is 79.9. The number of rotatable bonds is 3. The van der Waals surface area contributed by atoms with Gasteiger partial charge in [-0.2, -0.15) is 4.98 Å². The largest absolute Gasteiger partial charge is 0.353 e. The minimum absolute atomic E-state index is 0.337. The second kappa shape index (κ2) is 4.61. The van der Waals surface area contributed by atoms with Crippen molar-refractivity contribution in [3.8, 4) is 0 Å². The Morgan fingerprint density at radius 3 is 2.88 bits per heavy atom. The Bertz CT molecular complexity index is 617. The molecule has 0 aliphatic heterocycles. The van der Waals surface area contributed by atoms with Gasteiger partial charge in [0.05, 0.1) is 0 Å². The Balaban J connectivity index is 2.66. The molecule has 84 valence electrons. The van der Waals surface area contributed by atoms with Gasteiger partial charge in [-0.3, -0.25) is 4.40 Å². The van der Waals surface area contributed by atoms with Gasteiger partial charge in [-0.05, 0) is 18.6 Å². The van der Waals surface area contributed by atoms with Gasteiger partial charge in [0, 0.05) is 18.1 Å². The van der Waals surface area contributed by atoms with Crippen LogP contribution in [-0.4, -0.2) is 19.3 Å². The Labute approximate surface area is 99.5 Å². The molecule has 0 fully saturated rings. The average Bonchev–Trinajstić information content (AvgIpc) is 2.29. The summed E-state index contributed by atoms with van der Waals surface area (Å²) in [4.78, 5) is 27.4. The number of alkyl halides is 1. The van der Waals surface area contributed by atoms with Crippen LogP contribution in [0.2, 0.25) is 0 Å². The van der Waals surface area contributed by atoms with Crippen LogP contribution in [0.5, 0.6) is 0 Å². The predicted molar refractivity (Wildman–Crippen MR) is 64.1 cm³/mol. The van der Waals surface area contributed by atoms with Gasteiger partial charge in [0.25, 0.3) is 0 Å². The first-order chi connectivity index (χ1) is 7.74. The highest BCUT2D eigenvalue weighted by molar-refractivity contribution is 9.09. The molecule has 0 saturated carbocycles. The lowest BCUT2D eigenvalue weighted by Gasteiger charge is -2.04. The summed E-state index contributed by atoms with van der Waals surface area (Å²) < 4.78 is 2.52. The fraction of sp³-hybridized carbons (Fsp3) is 0.300. The first-order valence-corrected chi connectivity index (χ1v) is 6.00. The van der Waals surface area contributed by atoms with Crippen LogP contribution in [0, 0.1) is 0 Å². The molecule has 0 aromatic carbocycles. The van der Waals surface area contributed by atoms with Gasteiger partial charge in [-0.1, -0.05) is 22.0 Å². The first kappa shape index (κ1) is 11.1. The summed E-state index contributed by atoms with van der Waals surface area (Å²) in [5, 5.41) is 0.746. The zero-order valence-corrected chi connectivity index (χ0v) is 10.1. The molecule has 0 unspecified atom stereocenters. The zero-order valence-electron chi connectivity index (χ0n) is 8.47. The van der Waals surface area contributed by atoms with Crippen LogP contribution in [0.3, 0.4) is 0 Å². The van der Waals surface area contributed by atoms with Crippen LogP contribution in [0.4, 0.5) is 0 Å². The molecular formula is C10H10BrN3O2.